The van der Waals surface area contributed by atoms with E-state index in [2.05, 4.69) is 39.9 Å². The minimum Gasteiger partial charge on any atom is -0.309 e. The number of likely N-dealkylation sites (N-methyl/N-ethyl adjacent to an activating group) is 1. The third-order valence-electron chi connectivity index (χ3n) is 1.59. The molecule has 0 saturated carbocycles. The summed E-state index contributed by atoms with van der Waals surface area (Å²) >= 11 is 3.34. The van der Waals surface area contributed by atoms with Crippen molar-refractivity contribution in [1.29, 1.82) is 0 Å². The summed E-state index contributed by atoms with van der Waals surface area (Å²) < 4.78 is 0.916. The quantitative estimate of drug-likeness (QED) is 0.736. The molecule has 12 heavy (non-hydrogen) atoms. The summed E-state index contributed by atoms with van der Waals surface area (Å²) in [6.45, 7) is 1.05. The summed E-state index contributed by atoms with van der Waals surface area (Å²) in [5, 5.41) is 0. The van der Waals surface area contributed by atoms with E-state index in [0.29, 0.717) is 0 Å². The van der Waals surface area contributed by atoms with Crippen molar-refractivity contribution in [1.82, 2.24) is 9.88 Å². The van der Waals surface area contributed by atoms with Gasteiger partial charge in [-0.2, -0.15) is 0 Å². The van der Waals surface area contributed by atoms with E-state index >= 15 is 0 Å². The van der Waals surface area contributed by atoms with Gasteiger partial charge in [-0.05, 0) is 42.2 Å². The summed E-state index contributed by atoms with van der Waals surface area (Å²) in [6.07, 6.45) is 1.01. The number of aromatic nitrogens is 1. The first-order valence-corrected chi connectivity index (χ1v) is 4.74. The first kappa shape index (κ1) is 9.68. The van der Waals surface area contributed by atoms with Crippen LogP contribution in [0.3, 0.4) is 0 Å². The van der Waals surface area contributed by atoms with E-state index < -0.39 is 0 Å². The van der Waals surface area contributed by atoms with Crippen molar-refractivity contribution in [3.63, 3.8) is 0 Å². The number of nitrogens with zero attached hydrogens (tertiary/aromatic N) is 2. The third kappa shape index (κ3) is 3.32. The van der Waals surface area contributed by atoms with Gasteiger partial charge >= 0.3 is 0 Å². The topological polar surface area (TPSA) is 16.1 Å². The Hall–Kier alpha value is -0.410. The van der Waals surface area contributed by atoms with E-state index in [4.69, 9.17) is 0 Å². The van der Waals surface area contributed by atoms with Gasteiger partial charge in [-0.15, -0.1) is 0 Å². The molecule has 0 bridgehead atoms. The molecule has 0 saturated heterocycles. The van der Waals surface area contributed by atoms with Crippen molar-refractivity contribution in [2.45, 2.75) is 6.42 Å². The Kier molecular flexibility index (Phi) is 3.69. The van der Waals surface area contributed by atoms with Crippen LogP contribution in [0.5, 0.6) is 0 Å². The highest BCUT2D eigenvalue weighted by Crippen LogP contribution is 2.06. The molecule has 1 aromatic heterocycles. The van der Waals surface area contributed by atoms with Crippen molar-refractivity contribution in [2.24, 2.45) is 0 Å². The second-order valence-corrected chi connectivity index (χ2v) is 3.82. The highest BCUT2D eigenvalue weighted by Gasteiger charge is 1.96. The fourth-order valence-electron chi connectivity index (χ4n) is 0.928. The standard InChI is InChI=1S/C9H13BrN2/c1-12(2)7-6-8-4-3-5-9(10)11-8/h3-5H,6-7H2,1-2H3. The molecule has 1 aromatic rings. The van der Waals surface area contributed by atoms with Crippen molar-refractivity contribution >= 4 is 15.9 Å². The Bertz CT molecular complexity index is 248. The van der Waals surface area contributed by atoms with E-state index in [1.165, 1.54) is 0 Å². The van der Waals surface area contributed by atoms with E-state index in [-0.39, 0.29) is 0 Å². The molecule has 0 atom stereocenters. The Morgan fingerprint density at radius 2 is 2.17 bits per heavy atom. The van der Waals surface area contributed by atoms with Gasteiger partial charge in [-0.25, -0.2) is 4.98 Å². The molecule has 0 fully saturated rings. The van der Waals surface area contributed by atoms with Crippen molar-refractivity contribution in [3.8, 4) is 0 Å². The lowest BCUT2D eigenvalue weighted by molar-refractivity contribution is 0.411. The van der Waals surface area contributed by atoms with Crippen LogP contribution in [-0.4, -0.2) is 30.5 Å². The number of hydrogen-bond acceptors (Lipinski definition) is 2. The monoisotopic (exact) mass is 228 g/mol. The first-order valence-electron chi connectivity index (χ1n) is 3.94. The molecule has 0 unspecified atom stereocenters. The van der Waals surface area contributed by atoms with Crippen LogP contribution >= 0.6 is 15.9 Å². The van der Waals surface area contributed by atoms with Crippen LogP contribution in [0.4, 0.5) is 0 Å². The molecule has 0 spiro atoms. The van der Waals surface area contributed by atoms with Crippen molar-refractivity contribution < 1.29 is 0 Å². The third-order valence-corrected chi connectivity index (χ3v) is 2.03. The molecular formula is C9H13BrN2. The van der Waals surface area contributed by atoms with Gasteiger partial charge in [0, 0.05) is 18.7 Å². The van der Waals surface area contributed by atoms with Gasteiger partial charge < -0.3 is 4.90 Å². The predicted octanol–water partition coefficient (Wildman–Crippen LogP) is 1.95. The molecule has 0 amide bonds. The maximum atomic E-state index is 4.34. The van der Waals surface area contributed by atoms with Gasteiger partial charge in [0.25, 0.3) is 0 Å². The van der Waals surface area contributed by atoms with Gasteiger partial charge in [-0.3, -0.25) is 0 Å². The molecule has 66 valence electrons. The van der Waals surface area contributed by atoms with Crippen LogP contribution in [-0.2, 0) is 6.42 Å². The molecule has 2 nitrogen and oxygen atoms in total. The van der Waals surface area contributed by atoms with Gasteiger partial charge in [0.1, 0.15) is 4.60 Å². The molecule has 3 heteroatoms. The van der Waals surface area contributed by atoms with Crippen molar-refractivity contribution in [2.75, 3.05) is 20.6 Å². The molecule has 0 aromatic carbocycles. The summed E-state index contributed by atoms with van der Waals surface area (Å²) in [4.78, 5) is 6.49. The van der Waals surface area contributed by atoms with Gasteiger partial charge in [-0.1, -0.05) is 6.07 Å². The summed E-state index contributed by atoms with van der Waals surface area (Å²) in [5.74, 6) is 0. The molecule has 0 aliphatic heterocycles. The van der Waals surface area contributed by atoms with Crippen LogP contribution in [0, 0.1) is 0 Å². The van der Waals surface area contributed by atoms with E-state index in [1.807, 2.05) is 18.2 Å². The maximum Gasteiger partial charge on any atom is 0.106 e. The minimum absolute atomic E-state index is 0.916. The number of halogens is 1. The average molecular weight is 229 g/mol. The molecule has 0 radical (unpaired) electrons. The van der Waals surface area contributed by atoms with Crippen LogP contribution in [0.25, 0.3) is 0 Å². The molecule has 1 heterocycles. The molecule has 1 rings (SSSR count). The minimum atomic E-state index is 0.916. The highest BCUT2D eigenvalue weighted by molar-refractivity contribution is 9.10. The lowest BCUT2D eigenvalue weighted by Gasteiger charge is -2.08. The van der Waals surface area contributed by atoms with Gasteiger partial charge in [0.05, 0.1) is 0 Å². The number of rotatable bonds is 3. The summed E-state index contributed by atoms with van der Waals surface area (Å²) in [5.41, 5.74) is 1.14. The summed E-state index contributed by atoms with van der Waals surface area (Å²) in [7, 11) is 4.13. The summed E-state index contributed by atoms with van der Waals surface area (Å²) in [6, 6.07) is 6.01. The Balaban J connectivity index is 2.52. The molecule has 0 N–H and O–H groups in total. The fraction of sp³-hybridized carbons (Fsp3) is 0.444. The zero-order valence-corrected chi connectivity index (χ0v) is 9.00. The van der Waals surface area contributed by atoms with Crippen LogP contribution in [0.2, 0.25) is 0 Å². The van der Waals surface area contributed by atoms with Gasteiger partial charge in [0.2, 0.25) is 0 Å². The van der Waals surface area contributed by atoms with E-state index in [9.17, 15) is 0 Å². The number of pyridine rings is 1. The van der Waals surface area contributed by atoms with Crippen molar-refractivity contribution in [3.05, 3.63) is 28.5 Å². The lowest BCUT2D eigenvalue weighted by Crippen LogP contribution is -2.15. The van der Waals surface area contributed by atoms with Crippen LogP contribution in [0.1, 0.15) is 5.69 Å². The molecule has 0 aliphatic rings. The smallest absolute Gasteiger partial charge is 0.106 e. The Labute approximate surface area is 81.7 Å². The lowest BCUT2D eigenvalue weighted by atomic mass is 10.3. The van der Waals surface area contributed by atoms with Crippen LogP contribution in [0.15, 0.2) is 22.8 Å². The zero-order valence-electron chi connectivity index (χ0n) is 7.42. The zero-order chi connectivity index (χ0) is 8.97. The van der Waals surface area contributed by atoms with E-state index in [1.54, 1.807) is 0 Å². The maximum absolute atomic E-state index is 4.34. The second kappa shape index (κ2) is 4.58. The predicted molar refractivity (Wildman–Crippen MR) is 54.2 cm³/mol. The largest absolute Gasteiger partial charge is 0.309 e. The molecular weight excluding hydrogens is 216 g/mol. The first-order chi connectivity index (χ1) is 5.68. The Morgan fingerprint density at radius 3 is 2.75 bits per heavy atom. The SMILES string of the molecule is CN(C)CCc1cccc(Br)n1. The average Bonchev–Trinajstić information content (AvgIpc) is 2.01. The number of hydrogen-bond donors (Lipinski definition) is 0. The second-order valence-electron chi connectivity index (χ2n) is 3.00. The normalized spacial score (nSPS) is 10.7. The molecule has 0 aliphatic carbocycles. The fourth-order valence-corrected chi connectivity index (χ4v) is 1.31. The van der Waals surface area contributed by atoms with Gasteiger partial charge in [0.15, 0.2) is 0 Å². The van der Waals surface area contributed by atoms with E-state index in [0.717, 1.165) is 23.3 Å². The highest BCUT2D eigenvalue weighted by atomic mass is 79.9. The van der Waals surface area contributed by atoms with Crippen LogP contribution < -0.4 is 0 Å². The Morgan fingerprint density at radius 1 is 1.42 bits per heavy atom.